The molecule has 4 aliphatic heterocycles. The molecule has 4 atom stereocenters. The number of terminal acetylenes is 1. The summed E-state index contributed by atoms with van der Waals surface area (Å²) in [6, 6.07) is 11.1. The van der Waals surface area contributed by atoms with Gasteiger partial charge in [-0.3, -0.25) is 4.90 Å². The van der Waals surface area contributed by atoms with Gasteiger partial charge < -0.3 is 15.0 Å². The van der Waals surface area contributed by atoms with E-state index in [9.17, 15) is 4.39 Å². The van der Waals surface area contributed by atoms with E-state index < -0.39 is 17.5 Å². The highest BCUT2D eigenvalue weighted by Gasteiger charge is 2.36. The molecule has 4 bridgehead atoms. The fourth-order valence-electron chi connectivity index (χ4n) is 8.39. The topological polar surface area (TPSA) is 53.5 Å². The molecule has 0 amide bonds. The van der Waals surface area contributed by atoms with Gasteiger partial charge in [0.2, 0.25) is 0 Å². The first kappa shape index (κ1) is 28.6. The monoisotopic (exact) mass is 611 g/mol. The van der Waals surface area contributed by atoms with Crippen LogP contribution >= 0.6 is 0 Å². The van der Waals surface area contributed by atoms with Crippen LogP contribution in [-0.2, 0) is 0 Å². The van der Waals surface area contributed by atoms with Crippen LogP contribution in [0, 0.1) is 29.8 Å². The molecule has 1 aromatic heterocycles. The highest BCUT2D eigenvalue weighted by Crippen LogP contribution is 2.40. The molecule has 1 N–H and O–H groups in total. The molecule has 9 heteroatoms. The molecule has 0 aliphatic carbocycles. The zero-order chi connectivity index (χ0) is 30.7. The van der Waals surface area contributed by atoms with Gasteiger partial charge in [0.25, 0.3) is 0 Å². The molecular formula is C36H36F3N5O. The van der Waals surface area contributed by atoms with E-state index >= 15 is 8.78 Å². The van der Waals surface area contributed by atoms with Crippen molar-refractivity contribution in [1.82, 2.24) is 20.2 Å². The summed E-state index contributed by atoms with van der Waals surface area (Å²) < 4.78 is 53.8. The number of ether oxygens (including phenoxy) is 1. The zero-order valence-corrected chi connectivity index (χ0v) is 25.2. The fraction of sp³-hybridized carbons (Fsp3) is 0.444. The van der Waals surface area contributed by atoms with Crippen molar-refractivity contribution in [2.75, 3.05) is 31.1 Å². The van der Waals surface area contributed by atoms with Crippen LogP contribution < -0.4 is 15.0 Å². The molecule has 0 spiro atoms. The lowest BCUT2D eigenvalue weighted by atomic mass is 9.93. The van der Waals surface area contributed by atoms with Crippen molar-refractivity contribution in [3.8, 4) is 29.5 Å². The third-order valence-electron chi connectivity index (χ3n) is 10.4. The molecule has 4 saturated heterocycles. The molecule has 45 heavy (non-hydrogen) atoms. The van der Waals surface area contributed by atoms with Crippen molar-refractivity contribution < 1.29 is 17.9 Å². The number of halogens is 3. The first-order valence-corrected chi connectivity index (χ1v) is 16.3. The first-order valence-electron chi connectivity index (χ1n) is 16.3. The van der Waals surface area contributed by atoms with E-state index in [4.69, 9.17) is 16.1 Å². The number of nitrogens with zero attached hydrogens (tertiary/aromatic N) is 4. The molecule has 4 unspecified atom stereocenters. The van der Waals surface area contributed by atoms with Crippen LogP contribution in [0.2, 0.25) is 0 Å². The van der Waals surface area contributed by atoms with Crippen LogP contribution in [-0.4, -0.2) is 65.3 Å². The number of fused-ring (bicyclic) bond motifs is 6. The Morgan fingerprint density at radius 1 is 0.933 bits per heavy atom. The van der Waals surface area contributed by atoms with Gasteiger partial charge in [-0.2, -0.15) is 9.97 Å². The molecule has 4 aliphatic rings. The normalized spacial score (nSPS) is 24.4. The van der Waals surface area contributed by atoms with E-state index in [1.807, 2.05) is 0 Å². The second-order valence-electron chi connectivity index (χ2n) is 13.0. The van der Waals surface area contributed by atoms with E-state index in [1.165, 1.54) is 44.2 Å². The molecule has 232 valence electrons. The summed E-state index contributed by atoms with van der Waals surface area (Å²) in [6.45, 7) is 2.71. The molecular weight excluding hydrogens is 575 g/mol. The minimum Gasteiger partial charge on any atom is -0.463 e. The minimum absolute atomic E-state index is 0.0259. The molecule has 8 rings (SSSR count). The van der Waals surface area contributed by atoms with Crippen molar-refractivity contribution in [1.29, 1.82) is 0 Å². The standard InChI is InChI=1S/C36H36F3N5O/c1-2-26-29(37)15-10-21-6-3-9-27(31(21)26)32-30(38)18-28-34(33(32)39)41-36(42-35(28)43-19-22-11-12-23(20-43)40-22)45-17-5-16-44-24-7-4-8-25(44)14-13-24/h1,3,6,9-10,15,18,22-25,40H,4-5,7-8,11-14,16-17,19-20H2. The van der Waals surface area contributed by atoms with Crippen LogP contribution in [0.3, 0.4) is 0 Å². The second-order valence-corrected chi connectivity index (χ2v) is 13.0. The molecule has 0 radical (unpaired) electrons. The summed E-state index contributed by atoms with van der Waals surface area (Å²) >= 11 is 0. The van der Waals surface area contributed by atoms with E-state index in [1.54, 1.807) is 24.3 Å². The number of anilines is 1. The van der Waals surface area contributed by atoms with Gasteiger partial charge in [-0.15, -0.1) is 6.42 Å². The van der Waals surface area contributed by atoms with Gasteiger partial charge in [0.05, 0.1) is 17.7 Å². The van der Waals surface area contributed by atoms with Gasteiger partial charge in [0.1, 0.15) is 23.0 Å². The lowest BCUT2D eigenvalue weighted by Crippen LogP contribution is -2.51. The van der Waals surface area contributed by atoms with E-state index in [0.29, 0.717) is 55.1 Å². The average molecular weight is 612 g/mol. The van der Waals surface area contributed by atoms with E-state index in [-0.39, 0.29) is 39.0 Å². The number of piperazine rings is 1. The Morgan fingerprint density at radius 2 is 1.71 bits per heavy atom. The Hall–Kier alpha value is -3.87. The van der Waals surface area contributed by atoms with Crippen LogP contribution in [0.25, 0.3) is 32.8 Å². The third-order valence-corrected chi connectivity index (χ3v) is 10.4. The Bertz CT molecular complexity index is 1810. The van der Waals surface area contributed by atoms with Crippen LogP contribution in [0.4, 0.5) is 19.0 Å². The molecule has 4 aromatic rings. The van der Waals surface area contributed by atoms with E-state index in [2.05, 4.69) is 26.0 Å². The van der Waals surface area contributed by atoms with Crippen molar-refractivity contribution in [2.45, 2.75) is 75.5 Å². The summed E-state index contributed by atoms with van der Waals surface area (Å²) in [5.41, 5.74) is -0.183. The van der Waals surface area contributed by atoms with Crippen LogP contribution in [0.15, 0.2) is 36.4 Å². The highest BCUT2D eigenvalue weighted by atomic mass is 19.1. The predicted octanol–water partition coefficient (Wildman–Crippen LogP) is 6.58. The Balaban J connectivity index is 1.19. The SMILES string of the molecule is C#Cc1c(F)ccc2cccc(-c3c(F)cc4c(N5CC6CCC(C5)N6)nc(OCCCN5C6CCCC5CC6)nc4c3F)c12. The summed E-state index contributed by atoms with van der Waals surface area (Å²) in [5.74, 6) is 0.601. The second kappa shape index (κ2) is 11.5. The van der Waals surface area contributed by atoms with Crippen LogP contribution in [0.5, 0.6) is 6.01 Å². The number of nitrogens with one attached hydrogen (secondary N) is 1. The Kier molecular flexibility index (Phi) is 7.30. The maximum absolute atomic E-state index is 16.7. The smallest absolute Gasteiger partial charge is 0.319 e. The van der Waals surface area contributed by atoms with Gasteiger partial charge in [-0.05, 0) is 68.0 Å². The lowest BCUT2D eigenvalue weighted by molar-refractivity contribution is 0.129. The number of benzene rings is 3. The predicted molar refractivity (Wildman–Crippen MR) is 170 cm³/mol. The summed E-state index contributed by atoms with van der Waals surface area (Å²) in [4.78, 5) is 14.0. The van der Waals surface area contributed by atoms with Crippen molar-refractivity contribution in [2.24, 2.45) is 0 Å². The molecule has 3 aromatic carbocycles. The fourth-order valence-corrected chi connectivity index (χ4v) is 8.39. The number of aromatic nitrogens is 2. The van der Waals surface area contributed by atoms with Gasteiger partial charge in [-0.1, -0.05) is 36.6 Å². The van der Waals surface area contributed by atoms with Gasteiger partial charge in [0.15, 0.2) is 5.82 Å². The van der Waals surface area contributed by atoms with Gasteiger partial charge in [-0.25, -0.2) is 13.2 Å². The Labute approximate surface area is 261 Å². The number of hydrogen-bond donors (Lipinski definition) is 1. The van der Waals surface area contributed by atoms with E-state index in [0.717, 1.165) is 25.8 Å². The largest absolute Gasteiger partial charge is 0.463 e. The van der Waals surface area contributed by atoms with Crippen molar-refractivity contribution in [3.05, 3.63) is 59.4 Å². The lowest BCUT2D eigenvalue weighted by Gasteiger charge is -2.34. The van der Waals surface area contributed by atoms with Crippen molar-refractivity contribution in [3.63, 3.8) is 0 Å². The Morgan fingerprint density at radius 3 is 2.47 bits per heavy atom. The maximum atomic E-state index is 16.7. The maximum Gasteiger partial charge on any atom is 0.319 e. The molecule has 5 heterocycles. The quantitative estimate of drug-likeness (QED) is 0.188. The highest BCUT2D eigenvalue weighted by molar-refractivity contribution is 6.03. The van der Waals surface area contributed by atoms with Gasteiger partial charge >= 0.3 is 6.01 Å². The first-order chi connectivity index (χ1) is 22.0. The summed E-state index contributed by atoms with van der Waals surface area (Å²) in [5, 5.41) is 4.77. The summed E-state index contributed by atoms with van der Waals surface area (Å²) in [7, 11) is 0. The molecule has 0 saturated carbocycles. The zero-order valence-electron chi connectivity index (χ0n) is 25.2. The van der Waals surface area contributed by atoms with Gasteiger partial charge in [0, 0.05) is 54.6 Å². The number of rotatable bonds is 7. The van der Waals surface area contributed by atoms with Crippen LogP contribution in [0.1, 0.15) is 56.9 Å². The third kappa shape index (κ3) is 4.99. The minimum atomic E-state index is -0.846. The molecule has 4 fully saturated rings. The average Bonchev–Trinajstić information content (AvgIpc) is 3.49. The van der Waals surface area contributed by atoms with Crippen molar-refractivity contribution >= 4 is 27.5 Å². The number of hydrogen-bond acceptors (Lipinski definition) is 6. The molecule has 6 nitrogen and oxygen atoms in total. The summed E-state index contributed by atoms with van der Waals surface area (Å²) in [6.07, 6.45) is 15.0. The number of piperidine rings is 1.